The van der Waals surface area contributed by atoms with Gasteiger partial charge in [0.15, 0.2) is 12.4 Å². The second kappa shape index (κ2) is 30.6. The zero-order valence-electron chi connectivity index (χ0n) is 44.7. The monoisotopic (exact) mass is 1080 g/mol. The van der Waals surface area contributed by atoms with Gasteiger partial charge >= 0.3 is 23.9 Å². The lowest BCUT2D eigenvalue weighted by Gasteiger charge is -2.32. The molecular formula is C61H66N4O14. The van der Waals surface area contributed by atoms with Gasteiger partial charge in [-0.05, 0) is 71.3 Å². The van der Waals surface area contributed by atoms with E-state index in [0.29, 0.717) is 41.5 Å². The first-order valence-electron chi connectivity index (χ1n) is 26.2. The summed E-state index contributed by atoms with van der Waals surface area (Å²) in [6.45, 7) is 6.43. The number of carbonyl (C=O) groups is 8. The Kier molecular flexibility index (Phi) is 22.9. The molecule has 0 aliphatic rings. The van der Waals surface area contributed by atoms with Gasteiger partial charge in [0.05, 0.1) is 36.2 Å². The Labute approximate surface area is 459 Å². The second-order valence-electron chi connectivity index (χ2n) is 18.7. The zero-order valence-corrected chi connectivity index (χ0v) is 44.7. The van der Waals surface area contributed by atoms with E-state index < -0.39 is 72.6 Å². The van der Waals surface area contributed by atoms with E-state index in [9.17, 15) is 38.4 Å². The zero-order chi connectivity index (χ0) is 56.5. The number of ether oxygens (including phenoxy) is 4. The molecule has 3 atom stereocenters. The van der Waals surface area contributed by atoms with Crippen molar-refractivity contribution in [3.63, 3.8) is 0 Å². The fraction of sp³-hybridized carbons (Fsp3) is 0.311. The quantitative estimate of drug-likeness (QED) is 0.00953. The highest BCUT2D eigenvalue weighted by atomic mass is 16.7. The number of hydroxylamine groups is 2. The molecule has 0 aliphatic carbocycles. The third-order valence-corrected chi connectivity index (χ3v) is 12.6. The predicted molar refractivity (Wildman–Crippen MR) is 290 cm³/mol. The van der Waals surface area contributed by atoms with Gasteiger partial charge in [0.2, 0.25) is 12.3 Å². The van der Waals surface area contributed by atoms with E-state index in [1.807, 2.05) is 45.0 Å². The third kappa shape index (κ3) is 18.0. The number of nitrogens with one attached hydrogen (secondary N) is 3. The normalized spacial score (nSPS) is 12.0. The van der Waals surface area contributed by atoms with Crippen LogP contribution in [0.2, 0.25) is 0 Å². The van der Waals surface area contributed by atoms with Gasteiger partial charge < -0.3 is 44.2 Å². The molecule has 18 heteroatoms. The highest BCUT2D eigenvalue weighted by Gasteiger charge is 2.34. The van der Waals surface area contributed by atoms with E-state index in [1.54, 1.807) is 97.9 Å². The molecule has 4 amide bonds. The van der Waals surface area contributed by atoms with Crippen molar-refractivity contribution in [2.75, 3.05) is 13.3 Å². The maximum Gasteiger partial charge on any atom is 0.363 e. The molecule has 0 bridgehead atoms. The fourth-order valence-corrected chi connectivity index (χ4v) is 8.42. The van der Waals surface area contributed by atoms with Gasteiger partial charge in [-0.1, -0.05) is 162 Å². The van der Waals surface area contributed by atoms with Gasteiger partial charge in [0.25, 0.3) is 11.8 Å². The molecule has 0 aliphatic heterocycles. The highest BCUT2D eigenvalue weighted by Crippen LogP contribution is 2.30. The van der Waals surface area contributed by atoms with Crippen molar-refractivity contribution in [1.82, 2.24) is 21.0 Å². The van der Waals surface area contributed by atoms with E-state index in [4.69, 9.17) is 28.2 Å². The van der Waals surface area contributed by atoms with Gasteiger partial charge in [-0.3, -0.25) is 24.0 Å². The van der Waals surface area contributed by atoms with Crippen LogP contribution < -0.4 is 20.7 Å². The largest absolute Gasteiger partial charge is 0.481 e. The summed E-state index contributed by atoms with van der Waals surface area (Å²) in [6.07, 6.45) is 2.78. The van der Waals surface area contributed by atoms with Crippen molar-refractivity contribution >= 4 is 48.0 Å². The number of benzene rings is 5. The maximum absolute atomic E-state index is 14.2. The number of unbranched alkanes of at least 4 members (excludes halogenated alkanes) is 2. The van der Waals surface area contributed by atoms with Crippen molar-refractivity contribution in [1.29, 1.82) is 0 Å². The number of rotatable bonds is 30. The first kappa shape index (κ1) is 59.2. The molecule has 6 rings (SSSR count). The van der Waals surface area contributed by atoms with Gasteiger partial charge in [0, 0.05) is 5.56 Å². The van der Waals surface area contributed by atoms with Gasteiger partial charge in [0.1, 0.15) is 37.4 Å². The van der Waals surface area contributed by atoms with Crippen LogP contribution >= 0.6 is 0 Å². The smallest absolute Gasteiger partial charge is 0.363 e. The Morgan fingerprint density at radius 3 is 1.86 bits per heavy atom. The summed E-state index contributed by atoms with van der Waals surface area (Å²) in [6, 6.07) is 38.4. The summed E-state index contributed by atoms with van der Waals surface area (Å²) in [5.74, 6) is -6.22. The lowest BCUT2D eigenvalue weighted by Crippen LogP contribution is -2.49. The van der Waals surface area contributed by atoms with Crippen molar-refractivity contribution in [3.8, 4) is 17.1 Å². The molecule has 0 radical (unpaired) electrons. The molecule has 6 aromatic rings. The molecule has 5 aromatic carbocycles. The van der Waals surface area contributed by atoms with Crippen LogP contribution in [0.15, 0.2) is 150 Å². The minimum absolute atomic E-state index is 0.00349. The molecule has 414 valence electrons. The number of nitrogens with zero attached hydrogens (tertiary/aromatic N) is 1. The van der Waals surface area contributed by atoms with E-state index in [-0.39, 0.29) is 61.7 Å². The number of furan rings is 1. The van der Waals surface area contributed by atoms with Crippen LogP contribution in [-0.2, 0) is 62.8 Å². The Morgan fingerprint density at radius 2 is 1.25 bits per heavy atom. The van der Waals surface area contributed by atoms with Crippen LogP contribution in [0.4, 0.5) is 0 Å². The number of amides is 4. The van der Waals surface area contributed by atoms with Crippen molar-refractivity contribution in [3.05, 3.63) is 185 Å². The van der Waals surface area contributed by atoms with E-state index in [0.717, 1.165) is 29.0 Å². The number of carbonyl (C=O) groups excluding carboxylic acids is 8. The first-order chi connectivity index (χ1) is 38.3. The van der Waals surface area contributed by atoms with E-state index in [2.05, 4.69) is 16.0 Å². The van der Waals surface area contributed by atoms with Crippen LogP contribution in [0.25, 0.3) is 11.3 Å². The maximum atomic E-state index is 14.2. The average molecular weight is 1080 g/mol. The summed E-state index contributed by atoms with van der Waals surface area (Å²) in [5, 5.41) is 8.84. The highest BCUT2D eigenvalue weighted by molar-refractivity contribution is 6.00. The molecule has 1 aromatic heterocycles. The lowest BCUT2D eigenvalue weighted by molar-refractivity contribution is -0.171. The van der Waals surface area contributed by atoms with Crippen molar-refractivity contribution in [2.24, 2.45) is 5.92 Å². The lowest BCUT2D eigenvalue weighted by atomic mass is 9.90. The van der Waals surface area contributed by atoms with E-state index >= 15 is 0 Å². The molecule has 0 unspecified atom stereocenters. The van der Waals surface area contributed by atoms with Crippen LogP contribution in [0, 0.1) is 5.92 Å². The molecule has 3 N–H and O–H groups in total. The Bertz CT molecular complexity index is 2980. The SMILES string of the molecule is CCCCC[C@@H](C(=O)NCNC(=O)c1ccc(-c2ccc(C(=O)N[C@@H](CC(=O)OCc3ccccc3)C(=O)OCc3ccccc3)c(OCC(=O)OCc3ccccc3)c2)o1)[C@@H](CC)N(C=O)OC(=O)c1ccccc1C(C)C. The van der Waals surface area contributed by atoms with Crippen LogP contribution in [0.5, 0.6) is 5.75 Å². The van der Waals surface area contributed by atoms with Gasteiger partial charge in [-0.2, -0.15) is 5.06 Å². The summed E-state index contributed by atoms with van der Waals surface area (Å²) in [4.78, 5) is 113. The molecule has 0 saturated carbocycles. The molecule has 1 heterocycles. The van der Waals surface area contributed by atoms with Crippen LogP contribution in [0.1, 0.15) is 126 Å². The molecule has 18 nitrogen and oxygen atoms in total. The van der Waals surface area contributed by atoms with Crippen LogP contribution in [-0.4, -0.2) is 78.4 Å². The Balaban J connectivity index is 1.16. The number of hydrogen-bond acceptors (Lipinski definition) is 14. The minimum Gasteiger partial charge on any atom is -0.481 e. The molecule has 0 fully saturated rings. The molecule has 79 heavy (non-hydrogen) atoms. The fourth-order valence-electron chi connectivity index (χ4n) is 8.42. The summed E-state index contributed by atoms with van der Waals surface area (Å²) in [5.41, 5.74) is 3.31. The number of hydrogen-bond donors (Lipinski definition) is 3. The molecule has 0 spiro atoms. The van der Waals surface area contributed by atoms with Gasteiger partial charge in [-0.25, -0.2) is 14.4 Å². The Morgan fingerprint density at radius 1 is 0.646 bits per heavy atom. The van der Waals surface area contributed by atoms with Crippen LogP contribution in [0.3, 0.4) is 0 Å². The standard InChI is InChI=1S/C61H66N4O14/c1-5-7-11-28-48(51(6-2)65(40-66)79-60(72)47-27-19-18-26-46(47)41(3)4)57(69)62-39-63-59(71)53-32-31-52(78-53)45-29-30-49(54(33-45)74-38-56(68)76-36-43-22-14-9-15-23-43)58(70)64-50(61(73)77-37-44-24-16-10-17-25-44)34-55(67)75-35-42-20-12-8-13-21-42/h8-10,12-27,29-33,40-41,48,50-51H,5-7,11,28,34-39H2,1-4H3,(H,62,69)(H,63,71)(H,64,70)/t48-,50+,51-/m1/s1. The summed E-state index contributed by atoms with van der Waals surface area (Å²) in [7, 11) is 0. The molecule has 0 saturated heterocycles. The van der Waals surface area contributed by atoms with E-state index in [1.165, 1.54) is 30.3 Å². The topological polar surface area (TPSA) is 235 Å². The summed E-state index contributed by atoms with van der Waals surface area (Å²) < 4.78 is 28.2. The second-order valence-corrected chi connectivity index (χ2v) is 18.7. The number of esters is 3. The predicted octanol–water partition coefficient (Wildman–Crippen LogP) is 9.18. The minimum atomic E-state index is -1.52. The Hall–Kier alpha value is -9.06. The average Bonchev–Trinajstić information content (AvgIpc) is 4.00. The third-order valence-electron chi connectivity index (χ3n) is 12.6. The van der Waals surface area contributed by atoms with Gasteiger partial charge in [-0.15, -0.1) is 0 Å². The van der Waals surface area contributed by atoms with Crippen molar-refractivity contribution < 1.29 is 66.6 Å². The van der Waals surface area contributed by atoms with Crippen molar-refractivity contribution in [2.45, 2.75) is 104 Å². The first-order valence-corrected chi connectivity index (χ1v) is 26.2. The molecular weight excluding hydrogens is 1010 g/mol. The summed E-state index contributed by atoms with van der Waals surface area (Å²) >= 11 is 0.